The number of nitrogens with one attached hydrogen (secondary N) is 1. The molecule has 8 heteroatoms. The first-order valence-electron chi connectivity index (χ1n) is 9.13. The maximum Gasteiger partial charge on any atom is 0.343 e. The first-order chi connectivity index (χ1) is 15.0. The molecule has 0 aliphatic heterocycles. The molecule has 7 nitrogen and oxygen atoms in total. The summed E-state index contributed by atoms with van der Waals surface area (Å²) in [5.41, 5.74) is 3.85. The molecular weight excluding hydrogens is 420 g/mol. The summed E-state index contributed by atoms with van der Waals surface area (Å²) in [5.74, 6) is 0.244. The normalized spacial score (nSPS) is 10.5. The summed E-state index contributed by atoms with van der Waals surface area (Å²) in [6.07, 6.45) is 1.45. The largest absolute Gasteiger partial charge is 0.497 e. The van der Waals surface area contributed by atoms with Crippen LogP contribution in [0.3, 0.4) is 0 Å². The van der Waals surface area contributed by atoms with Crippen molar-refractivity contribution in [3.05, 3.63) is 88.4 Å². The van der Waals surface area contributed by atoms with E-state index in [2.05, 4.69) is 10.5 Å². The van der Waals surface area contributed by atoms with Crippen LogP contribution in [-0.2, 0) is 0 Å². The van der Waals surface area contributed by atoms with Crippen LogP contribution in [0.2, 0.25) is 5.02 Å². The van der Waals surface area contributed by atoms with Gasteiger partial charge in [-0.1, -0.05) is 17.7 Å². The highest BCUT2D eigenvalue weighted by molar-refractivity contribution is 6.30. The zero-order valence-electron chi connectivity index (χ0n) is 16.8. The van der Waals surface area contributed by atoms with E-state index in [0.717, 1.165) is 0 Å². The van der Waals surface area contributed by atoms with E-state index >= 15 is 0 Å². The van der Waals surface area contributed by atoms with Crippen molar-refractivity contribution in [2.75, 3.05) is 14.2 Å². The zero-order chi connectivity index (χ0) is 22.2. The number of nitrogens with zero attached hydrogens (tertiary/aromatic N) is 1. The minimum atomic E-state index is -0.540. The number of ether oxygens (including phenoxy) is 3. The Balaban J connectivity index is 1.66. The highest BCUT2D eigenvalue weighted by Gasteiger charge is 2.13. The topological polar surface area (TPSA) is 86.2 Å². The second kappa shape index (κ2) is 10.3. The van der Waals surface area contributed by atoms with Gasteiger partial charge in [0.25, 0.3) is 5.91 Å². The summed E-state index contributed by atoms with van der Waals surface area (Å²) in [6.45, 7) is 0. The van der Waals surface area contributed by atoms with Gasteiger partial charge in [-0.15, -0.1) is 0 Å². The lowest BCUT2D eigenvalue weighted by Crippen LogP contribution is -2.17. The van der Waals surface area contributed by atoms with E-state index in [0.29, 0.717) is 33.2 Å². The maximum absolute atomic E-state index is 12.3. The highest BCUT2D eigenvalue weighted by atomic mass is 35.5. The van der Waals surface area contributed by atoms with Gasteiger partial charge in [0, 0.05) is 10.6 Å². The molecule has 0 aromatic heterocycles. The lowest BCUT2D eigenvalue weighted by Gasteiger charge is -2.10. The Hall–Kier alpha value is -3.84. The van der Waals surface area contributed by atoms with Gasteiger partial charge in [-0.3, -0.25) is 4.79 Å². The van der Waals surface area contributed by atoms with Crippen molar-refractivity contribution in [2.24, 2.45) is 5.10 Å². The highest BCUT2D eigenvalue weighted by Crippen LogP contribution is 2.28. The van der Waals surface area contributed by atoms with Crippen molar-refractivity contribution in [2.45, 2.75) is 0 Å². The van der Waals surface area contributed by atoms with Gasteiger partial charge in [-0.2, -0.15) is 5.10 Å². The van der Waals surface area contributed by atoms with Crippen LogP contribution in [0, 0.1) is 0 Å². The third kappa shape index (κ3) is 5.83. The number of hydrogen-bond donors (Lipinski definition) is 1. The fourth-order valence-electron chi connectivity index (χ4n) is 2.59. The van der Waals surface area contributed by atoms with E-state index in [9.17, 15) is 9.59 Å². The number of halogens is 1. The number of hydrogen-bond acceptors (Lipinski definition) is 6. The Bertz CT molecular complexity index is 1110. The Kier molecular flexibility index (Phi) is 7.24. The van der Waals surface area contributed by atoms with E-state index in [1.54, 1.807) is 66.7 Å². The minimum absolute atomic E-state index is 0.250. The molecule has 0 aliphatic carbocycles. The van der Waals surface area contributed by atoms with Gasteiger partial charge in [-0.25, -0.2) is 10.2 Å². The molecule has 0 heterocycles. The molecule has 0 bridgehead atoms. The van der Waals surface area contributed by atoms with E-state index in [4.69, 9.17) is 25.8 Å². The smallest absolute Gasteiger partial charge is 0.343 e. The van der Waals surface area contributed by atoms with Crippen molar-refractivity contribution in [3.8, 4) is 17.2 Å². The average Bonchev–Trinajstić information content (AvgIpc) is 2.80. The molecule has 0 atom stereocenters. The van der Waals surface area contributed by atoms with Gasteiger partial charge >= 0.3 is 5.97 Å². The predicted octanol–water partition coefficient (Wildman–Crippen LogP) is 4.34. The minimum Gasteiger partial charge on any atom is -0.497 e. The number of carbonyl (C=O) groups is 2. The second-order valence-corrected chi connectivity index (χ2v) is 6.67. The van der Waals surface area contributed by atoms with Gasteiger partial charge in [0.2, 0.25) is 0 Å². The molecule has 3 aromatic carbocycles. The maximum atomic E-state index is 12.3. The first-order valence-corrected chi connectivity index (χ1v) is 9.51. The van der Waals surface area contributed by atoms with E-state index < -0.39 is 5.97 Å². The molecule has 0 fully saturated rings. The molecule has 0 unspecified atom stereocenters. The van der Waals surface area contributed by atoms with Crippen LogP contribution >= 0.6 is 11.6 Å². The van der Waals surface area contributed by atoms with Crippen molar-refractivity contribution in [3.63, 3.8) is 0 Å². The van der Waals surface area contributed by atoms with E-state index in [1.807, 2.05) is 0 Å². The second-order valence-electron chi connectivity index (χ2n) is 6.24. The summed E-state index contributed by atoms with van der Waals surface area (Å²) in [5, 5.41) is 4.48. The van der Waals surface area contributed by atoms with Crippen LogP contribution in [-0.4, -0.2) is 32.3 Å². The SMILES string of the molecule is COc1cccc(C(=O)N/N=C\c2ccc(OC(=O)c3ccc(Cl)cc3)c(OC)c2)c1. The number of esters is 1. The summed E-state index contributed by atoms with van der Waals surface area (Å²) in [4.78, 5) is 24.5. The van der Waals surface area contributed by atoms with Crippen molar-refractivity contribution < 1.29 is 23.8 Å². The molecular formula is C23H19ClN2O5. The molecule has 0 aliphatic rings. The fourth-order valence-corrected chi connectivity index (χ4v) is 2.71. The molecule has 0 spiro atoms. The summed E-state index contributed by atoms with van der Waals surface area (Å²) in [7, 11) is 2.99. The third-order valence-electron chi connectivity index (χ3n) is 4.18. The van der Waals surface area contributed by atoms with Gasteiger partial charge in [-0.05, 0) is 66.2 Å². The van der Waals surface area contributed by atoms with Crippen molar-refractivity contribution >= 4 is 29.7 Å². The summed E-state index contributed by atoms with van der Waals surface area (Å²) >= 11 is 5.83. The molecule has 3 aromatic rings. The van der Waals surface area contributed by atoms with Crippen LogP contribution < -0.4 is 19.6 Å². The van der Waals surface area contributed by atoms with Gasteiger partial charge in [0.15, 0.2) is 11.5 Å². The molecule has 31 heavy (non-hydrogen) atoms. The van der Waals surface area contributed by atoms with Gasteiger partial charge < -0.3 is 14.2 Å². The lowest BCUT2D eigenvalue weighted by atomic mass is 10.2. The zero-order valence-corrected chi connectivity index (χ0v) is 17.6. The molecule has 0 radical (unpaired) electrons. The van der Waals surface area contributed by atoms with Crippen LogP contribution in [0.25, 0.3) is 0 Å². The van der Waals surface area contributed by atoms with Crippen molar-refractivity contribution in [1.82, 2.24) is 5.43 Å². The average molecular weight is 439 g/mol. The fraction of sp³-hybridized carbons (Fsp3) is 0.0870. The molecule has 1 amide bonds. The number of benzene rings is 3. The molecule has 158 valence electrons. The lowest BCUT2D eigenvalue weighted by molar-refractivity contribution is 0.0729. The number of hydrazone groups is 1. The number of methoxy groups -OCH3 is 2. The Morgan fingerprint density at radius 3 is 2.39 bits per heavy atom. The summed E-state index contributed by atoms with van der Waals surface area (Å²) in [6, 6.07) is 18.0. The van der Waals surface area contributed by atoms with Crippen LogP contribution in [0.1, 0.15) is 26.3 Å². The number of rotatable bonds is 7. The van der Waals surface area contributed by atoms with E-state index in [-0.39, 0.29) is 11.7 Å². The van der Waals surface area contributed by atoms with Gasteiger partial charge in [0.05, 0.1) is 26.0 Å². The predicted molar refractivity (Wildman–Crippen MR) is 117 cm³/mol. The number of amides is 1. The monoisotopic (exact) mass is 438 g/mol. The standard InChI is InChI=1S/C23H19ClN2O5/c1-29-19-5-3-4-17(13-19)22(27)26-25-14-15-6-11-20(21(12-15)30-2)31-23(28)16-7-9-18(24)10-8-16/h3-14H,1-2H3,(H,26,27)/b25-14-. The quantitative estimate of drug-likeness (QED) is 0.256. The summed E-state index contributed by atoms with van der Waals surface area (Å²) < 4.78 is 15.8. The van der Waals surface area contributed by atoms with Gasteiger partial charge in [0.1, 0.15) is 5.75 Å². The molecule has 3 rings (SSSR count). The Morgan fingerprint density at radius 1 is 0.903 bits per heavy atom. The molecule has 0 saturated heterocycles. The van der Waals surface area contributed by atoms with Crippen LogP contribution in [0.5, 0.6) is 17.2 Å². The third-order valence-corrected chi connectivity index (χ3v) is 4.43. The molecule has 0 saturated carbocycles. The van der Waals surface area contributed by atoms with Crippen LogP contribution in [0.4, 0.5) is 0 Å². The van der Waals surface area contributed by atoms with Crippen molar-refractivity contribution in [1.29, 1.82) is 0 Å². The van der Waals surface area contributed by atoms with E-state index in [1.165, 1.54) is 20.4 Å². The Morgan fingerprint density at radius 2 is 1.68 bits per heavy atom. The first kappa shape index (κ1) is 21.9. The van der Waals surface area contributed by atoms with Crippen LogP contribution in [0.15, 0.2) is 71.8 Å². The number of carbonyl (C=O) groups excluding carboxylic acids is 2. The molecule has 1 N–H and O–H groups in total. The Labute approximate surface area is 184 Å².